The SMILES string of the molecule is COc1ccc(-n2c(SCC(=O)N3CCCC3)nnc2-c2ccccn2)cc1. The third kappa shape index (κ3) is 3.87. The fourth-order valence-corrected chi connectivity index (χ4v) is 4.03. The third-order valence-electron chi connectivity index (χ3n) is 4.64. The first-order valence-electron chi connectivity index (χ1n) is 9.18. The smallest absolute Gasteiger partial charge is 0.233 e. The molecule has 4 rings (SSSR count). The summed E-state index contributed by atoms with van der Waals surface area (Å²) in [6.07, 6.45) is 3.90. The van der Waals surface area contributed by atoms with Gasteiger partial charge in [-0.1, -0.05) is 17.8 Å². The summed E-state index contributed by atoms with van der Waals surface area (Å²) in [5.74, 6) is 1.90. The van der Waals surface area contributed by atoms with E-state index >= 15 is 0 Å². The maximum absolute atomic E-state index is 12.4. The number of ether oxygens (including phenoxy) is 1. The van der Waals surface area contributed by atoms with Crippen molar-refractivity contribution in [3.05, 3.63) is 48.7 Å². The van der Waals surface area contributed by atoms with E-state index in [1.165, 1.54) is 11.8 Å². The molecule has 3 heterocycles. The van der Waals surface area contributed by atoms with E-state index in [-0.39, 0.29) is 5.91 Å². The number of likely N-dealkylation sites (tertiary alicyclic amines) is 1. The van der Waals surface area contributed by atoms with E-state index in [1.807, 2.05) is 51.9 Å². The van der Waals surface area contributed by atoms with Crippen molar-refractivity contribution < 1.29 is 9.53 Å². The Morgan fingerprint density at radius 3 is 2.57 bits per heavy atom. The zero-order chi connectivity index (χ0) is 19.3. The molecule has 0 aliphatic carbocycles. The zero-order valence-corrected chi connectivity index (χ0v) is 16.4. The predicted molar refractivity (Wildman–Crippen MR) is 108 cm³/mol. The lowest BCUT2D eigenvalue weighted by molar-refractivity contribution is -0.127. The number of carbonyl (C=O) groups is 1. The van der Waals surface area contributed by atoms with Gasteiger partial charge in [0, 0.05) is 19.3 Å². The molecule has 3 aromatic rings. The molecule has 144 valence electrons. The molecule has 1 saturated heterocycles. The predicted octanol–water partition coefficient (Wildman–Crippen LogP) is 3.05. The molecule has 1 fully saturated rings. The highest BCUT2D eigenvalue weighted by molar-refractivity contribution is 7.99. The van der Waals surface area contributed by atoms with Crippen LogP contribution in [-0.2, 0) is 4.79 Å². The second kappa shape index (κ2) is 8.43. The minimum atomic E-state index is 0.145. The largest absolute Gasteiger partial charge is 0.497 e. The average Bonchev–Trinajstić information content (AvgIpc) is 3.43. The molecule has 7 nitrogen and oxygen atoms in total. The van der Waals surface area contributed by atoms with Gasteiger partial charge in [0.05, 0.1) is 18.6 Å². The summed E-state index contributed by atoms with van der Waals surface area (Å²) < 4.78 is 7.19. The summed E-state index contributed by atoms with van der Waals surface area (Å²) >= 11 is 1.40. The van der Waals surface area contributed by atoms with Crippen molar-refractivity contribution in [2.75, 3.05) is 26.0 Å². The molecule has 0 saturated carbocycles. The number of hydrogen-bond acceptors (Lipinski definition) is 6. The van der Waals surface area contributed by atoms with Gasteiger partial charge in [-0.25, -0.2) is 0 Å². The summed E-state index contributed by atoms with van der Waals surface area (Å²) in [5, 5.41) is 9.36. The molecule has 28 heavy (non-hydrogen) atoms. The highest BCUT2D eigenvalue weighted by Gasteiger charge is 2.21. The quantitative estimate of drug-likeness (QED) is 0.598. The van der Waals surface area contributed by atoms with Crippen molar-refractivity contribution in [3.8, 4) is 23.0 Å². The minimum Gasteiger partial charge on any atom is -0.497 e. The molecule has 0 N–H and O–H groups in total. The topological polar surface area (TPSA) is 73.1 Å². The summed E-state index contributed by atoms with van der Waals surface area (Å²) in [7, 11) is 1.64. The van der Waals surface area contributed by atoms with Gasteiger partial charge >= 0.3 is 0 Å². The number of rotatable bonds is 6. The Morgan fingerprint density at radius 1 is 1.11 bits per heavy atom. The number of amides is 1. The highest BCUT2D eigenvalue weighted by Crippen LogP contribution is 2.28. The highest BCUT2D eigenvalue weighted by atomic mass is 32.2. The van der Waals surface area contributed by atoms with E-state index in [4.69, 9.17) is 4.74 Å². The molecule has 1 amide bonds. The number of benzene rings is 1. The average molecular weight is 395 g/mol. The first-order valence-corrected chi connectivity index (χ1v) is 10.2. The molecule has 2 aromatic heterocycles. The van der Waals surface area contributed by atoms with E-state index < -0.39 is 0 Å². The van der Waals surface area contributed by atoms with Gasteiger partial charge in [-0.05, 0) is 49.2 Å². The van der Waals surface area contributed by atoms with Crippen LogP contribution in [0.2, 0.25) is 0 Å². The van der Waals surface area contributed by atoms with Gasteiger partial charge in [-0.3, -0.25) is 14.3 Å². The van der Waals surface area contributed by atoms with Gasteiger partial charge in [-0.2, -0.15) is 0 Å². The van der Waals surface area contributed by atoms with Crippen molar-refractivity contribution in [3.63, 3.8) is 0 Å². The van der Waals surface area contributed by atoms with Crippen molar-refractivity contribution in [2.24, 2.45) is 0 Å². The molecular weight excluding hydrogens is 374 g/mol. The molecule has 1 aliphatic heterocycles. The number of aromatic nitrogens is 4. The van der Waals surface area contributed by atoms with E-state index in [0.717, 1.165) is 43.1 Å². The fourth-order valence-electron chi connectivity index (χ4n) is 3.17. The third-order valence-corrected chi connectivity index (χ3v) is 5.56. The van der Waals surface area contributed by atoms with Crippen LogP contribution in [0.4, 0.5) is 0 Å². The Morgan fingerprint density at radius 2 is 1.89 bits per heavy atom. The Labute approximate surface area is 167 Å². The summed E-state index contributed by atoms with van der Waals surface area (Å²) in [6, 6.07) is 13.3. The van der Waals surface area contributed by atoms with Crippen LogP contribution in [0.5, 0.6) is 5.75 Å². The first-order chi connectivity index (χ1) is 13.8. The maximum Gasteiger partial charge on any atom is 0.233 e. The van der Waals surface area contributed by atoms with Crippen LogP contribution in [0.25, 0.3) is 17.2 Å². The van der Waals surface area contributed by atoms with Crippen LogP contribution in [0.15, 0.2) is 53.8 Å². The lowest BCUT2D eigenvalue weighted by Crippen LogP contribution is -2.29. The molecular formula is C20H21N5O2S. The fraction of sp³-hybridized carbons (Fsp3) is 0.300. The van der Waals surface area contributed by atoms with Crippen molar-refractivity contribution >= 4 is 17.7 Å². The number of nitrogens with zero attached hydrogens (tertiary/aromatic N) is 5. The van der Waals surface area contributed by atoms with Gasteiger partial charge in [0.1, 0.15) is 11.4 Å². The molecule has 8 heteroatoms. The van der Waals surface area contributed by atoms with Crippen molar-refractivity contribution in [2.45, 2.75) is 18.0 Å². The van der Waals surface area contributed by atoms with E-state index in [2.05, 4.69) is 15.2 Å². The normalized spacial score (nSPS) is 13.7. The first kappa shape index (κ1) is 18.5. The van der Waals surface area contributed by atoms with Crippen molar-refractivity contribution in [1.82, 2.24) is 24.6 Å². The van der Waals surface area contributed by atoms with Crippen molar-refractivity contribution in [1.29, 1.82) is 0 Å². The van der Waals surface area contributed by atoms with Gasteiger partial charge in [0.25, 0.3) is 0 Å². The molecule has 0 spiro atoms. The number of hydrogen-bond donors (Lipinski definition) is 0. The molecule has 0 atom stereocenters. The monoisotopic (exact) mass is 395 g/mol. The van der Waals surface area contributed by atoms with Crippen LogP contribution < -0.4 is 4.74 Å². The van der Waals surface area contributed by atoms with Crippen LogP contribution in [-0.4, -0.2) is 56.5 Å². The van der Waals surface area contributed by atoms with E-state index in [0.29, 0.717) is 16.7 Å². The van der Waals surface area contributed by atoms with E-state index in [9.17, 15) is 4.79 Å². The maximum atomic E-state index is 12.4. The number of methoxy groups -OCH3 is 1. The second-order valence-corrected chi connectivity index (χ2v) is 7.37. The van der Waals surface area contributed by atoms with E-state index in [1.54, 1.807) is 13.3 Å². The van der Waals surface area contributed by atoms with Gasteiger partial charge < -0.3 is 9.64 Å². The number of thioether (sulfide) groups is 1. The Bertz CT molecular complexity index is 937. The van der Waals surface area contributed by atoms with Gasteiger partial charge in [0.15, 0.2) is 11.0 Å². The molecule has 1 aromatic carbocycles. The van der Waals surface area contributed by atoms with Gasteiger partial charge in [-0.15, -0.1) is 10.2 Å². The van der Waals surface area contributed by atoms with Crippen LogP contribution in [0.3, 0.4) is 0 Å². The van der Waals surface area contributed by atoms with Crippen LogP contribution in [0.1, 0.15) is 12.8 Å². The Balaban J connectivity index is 1.65. The lowest BCUT2D eigenvalue weighted by Gasteiger charge is -2.15. The number of pyridine rings is 1. The summed E-state index contributed by atoms with van der Waals surface area (Å²) in [5.41, 5.74) is 1.62. The summed E-state index contributed by atoms with van der Waals surface area (Å²) in [4.78, 5) is 18.8. The molecule has 0 unspecified atom stereocenters. The van der Waals surface area contributed by atoms with Crippen LogP contribution >= 0.6 is 11.8 Å². The molecule has 0 radical (unpaired) electrons. The Kier molecular flexibility index (Phi) is 5.57. The molecule has 0 bridgehead atoms. The minimum absolute atomic E-state index is 0.145. The Hall–Kier alpha value is -2.87. The zero-order valence-electron chi connectivity index (χ0n) is 15.6. The summed E-state index contributed by atoms with van der Waals surface area (Å²) in [6.45, 7) is 1.70. The van der Waals surface area contributed by atoms with Crippen LogP contribution in [0, 0.1) is 0 Å². The van der Waals surface area contributed by atoms with Gasteiger partial charge in [0.2, 0.25) is 5.91 Å². The number of carbonyl (C=O) groups excluding carboxylic acids is 1. The molecule has 1 aliphatic rings. The lowest BCUT2D eigenvalue weighted by atomic mass is 10.3. The second-order valence-electron chi connectivity index (χ2n) is 6.43. The standard InChI is InChI=1S/C20H21N5O2S/c1-27-16-9-7-15(8-10-16)25-19(17-6-2-3-11-21-17)22-23-20(25)28-14-18(26)24-12-4-5-13-24/h2-3,6-11H,4-5,12-14H2,1H3.